The number of carbonyl (C=O) groups is 2. The number of non-ortho nitro benzene ring substituents is 1. The molecule has 2 rings (SSSR count). The molecule has 0 atom stereocenters. The summed E-state index contributed by atoms with van der Waals surface area (Å²) in [4.78, 5) is 34.3. The van der Waals surface area contributed by atoms with Crippen molar-refractivity contribution in [2.45, 2.75) is 13.3 Å². The molecule has 8 heteroatoms. The van der Waals surface area contributed by atoms with E-state index in [4.69, 9.17) is 4.74 Å². The number of hydrogen-bond acceptors (Lipinski definition) is 5. The molecular weight excluding hydrogens is 338 g/mol. The van der Waals surface area contributed by atoms with Gasteiger partial charge in [-0.2, -0.15) is 0 Å². The highest BCUT2D eigenvalue weighted by atomic mass is 16.6. The topological polar surface area (TPSA) is 111 Å². The maximum atomic E-state index is 12.1. The Hall–Kier alpha value is -3.42. The van der Waals surface area contributed by atoms with Gasteiger partial charge < -0.3 is 15.4 Å². The molecule has 2 aromatic rings. The Kier molecular flexibility index (Phi) is 6.67. The van der Waals surface area contributed by atoms with Gasteiger partial charge in [-0.25, -0.2) is 0 Å². The smallest absolute Gasteiger partial charge is 0.269 e. The largest absolute Gasteiger partial charge is 0.484 e. The van der Waals surface area contributed by atoms with E-state index in [1.165, 1.54) is 24.3 Å². The van der Waals surface area contributed by atoms with Crippen LogP contribution in [0.2, 0.25) is 0 Å². The van der Waals surface area contributed by atoms with Crippen LogP contribution in [0.1, 0.15) is 23.7 Å². The van der Waals surface area contributed by atoms with E-state index >= 15 is 0 Å². The normalized spacial score (nSPS) is 10.0. The quantitative estimate of drug-likeness (QED) is 0.557. The van der Waals surface area contributed by atoms with Crippen molar-refractivity contribution in [3.8, 4) is 5.75 Å². The molecule has 2 aromatic carbocycles. The minimum atomic E-state index is -0.517. The van der Waals surface area contributed by atoms with Crippen molar-refractivity contribution in [1.29, 1.82) is 0 Å². The average molecular weight is 357 g/mol. The highest BCUT2D eigenvalue weighted by molar-refractivity contribution is 6.04. The van der Waals surface area contributed by atoms with E-state index in [1.54, 1.807) is 24.3 Å². The Morgan fingerprint density at radius 3 is 2.46 bits per heavy atom. The van der Waals surface area contributed by atoms with E-state index < -0.39 is 10.8 Å². The second kappa shape index (κ2) is 9.16. The molecule has 0 unspecified atom stereocenters. The van der Waals surface area contributed by atoms with E-state index in [9.17, 15) is 19.7 Å². The Morgan fingerprint density at radius 1 is 1.12 bits per heavy atom. The predicted octanol–water partition coefficient (Wildman–Crippen LogP) is 2.75. The van der Waals surface area contributed by atoms with Crippen molar-refractivity contribution in [2.75, 3.05) is 18.5 Å². The van der Waals surface area contributed by atoms with Gasteiger partial charge >= 0.3 is 0 Å². The highest BCUT2D eigenvalue weighted by Gasteiger charge is 2.13. The fraction of sp³-hybridized carbons (Fsp3) is 0.222. The van der Waals surface area contributed by atoms with Gasteiger partial charge in [0.1, 0.15) is 5.75 Å². The van der Waals surface area contributed by atoms with E-state index in [-0.39, 0.29) is 18.2 Å². The number of nitrogens with one attached hydrogen (secondary N) is 2. The number of ether oxygens (including phenoxy) is 1. The van der Waals surface area contributed by atoms with Gasteiger partial charge in [0, 0.05) is 18.7 Å². The Labute approximate surface area is 150 Å². The van der Waals surface area contributed by atoms with Crippen molar-refractivity contribution in [2.24, 2.45) is 0 Å². The van der Waals surface area contributed by atoms with Crippen LogP contribution in [0.15, 0.2) is 48.5 Å². The minimum Gasteiger partial charge on any atom is -0.484 e. The number of anilines is 1. The van der Waals surface area contributed by atoms with Crippen LogP contribution in [0.3, 0.4) is 0 Å². The number of nitrogens with zero attached hydrogens (tertiary/aromatic N) is 1. The number of rotatable bonds is 8. The second-order valence-electron chi connectivity index (χ2n) is 5.39. The molecule has 0 heterocycles. The van der Waals surface area contributed by atoms with Crippen molar-refractivity contribution in [3.63, 3.8) is 0 Å². The first-order chi connectivity index (χ1) is 12.5. The molecule has 26 heavy (non-hydrogen) atoms. The number of benzene rings is 2. The zero-order chi connectivity index (χ0) is 18.9. The van der Waals surface area contributed by atoms with Gasteiger partial charge in [0.05, 0.1) is 16.2 Å². The van der Waals surface area contributed by atoms with Gasteiger partial charge in [-0.1, -0.05) is 19.1 Å². The maximum Gasteiger partial charge on any atom is 0.269 e. The molecule has 2 N–H and O–H groups in total. The minimum absolute atomic E-state index is 0.0613. The van der Waals surface area contributed by atoms with Gasteiger partial charge in [-0.15, -0.1) is 0 Å². The molecule has 8 nitrogen and oxygen atoms in total. The molecule has 0 aliphatic heterocycles. The van der Waals surface area contributed by atoms with Crippen LogP contribution < -0.4 is 15.4 Å². The van der Waals surface area contributed by atoms with Crippen LogP contribution in [0.4, 0.5) is 11.4 Å². The Bertz CT molecular complexity index is 790. The summed E-state index contributed by atoms with van der Waals surface area (Å²) >= 11 is 0. The van der Waals surface area contributed by atoms with Crippen LogP contribution in [0, 0.1) is 10.1 Å². The SMILES string of the molecule is CCCNC(=O)c1ccccc1NC(=O)COc1ccc([N+](=O)[O-])cc1. The van der Waals surface area contributed by atoms with E-state index in [2.05, 4.69) is 10.6 Å². The molecule has 136 valence electrons. The number of nitro benzene ring substituents is 1. The number of carbonyl (C=O) groups excluding carboxylic acids is 2. The lowest BCUT2D eigenvalue weighted by Gasteiger charge is -2.11. The third kappa shape index (κ3) is 5.30. The lowest BCUT2D eigenvalue weighted by atomic mass is 10.1. The van der Waals surface area contributed by atoms with Gasteiger partial charge in [0.2, 0.25) is 0 Å². The summed E-state index contributed by atoms with van der Waals surface area (Å²) in [6.45, 7) is 2.20. The first kappa shape index (κ1) is 18.9. The summed E-state index contributed by atoms with van der Waals surface area (Å²) in [5, 5.41) is 16.0. The highest BCUT2D eigenvalue weighted by Crippen LogP contribution is 2.18. The Balaban J connectivity index is 1.95. The van der Waals surface area contributed by atoms with Gasteiger partial charge in [-0.05, 0) is 30.7 Å². The summed E-state index contributed by atoms with van der Waals surface area (Å²) in [5.74, 6) is -0.377. The van der Waals surface area contributed by atoms with Gasteiger partial charge in [-0.3, -0.25) is 19.7 Å². The fourth-order valence-electron chi connectivity index (χ4n) is 2.12. The van der Waals surface area contributed by atoms with Crippen LogP contribution in [0.5, 0.6) is 5.75 Å². The monoisotopic (exact) mass is 357 g/mol. The third-order valence-electron chi connectivity index (χ3n) is 3.40. The number of nitro groups is 1. The van der Waals surface area contributed by atoms with E-state index in [1.807, 2.05) is 6.92 Å². The molecular formula is C18H19N3O5. The predicted molar refractivity (Wildman–Crippen MR) is 96.3 cm³/mol. The maximum absolute atomic E-state index is 12.1. The summed E-state index contributed by atoms with van der Waals surface area (Å²) < 4.78 is 5.30. The first-order valence-corrected chi connectivity index (χ1v) is 8.05. The third-order valence-corrected chi connectivity index (χ3v) is 3.40. The van der Waals surface area contributed by atoms with Gasteiger partial charge in [0.15, 0.2) is 6.61 Å². The molecule has 0 saturated heterocycles. The molecule has 0 radical (unpaired) electrons. The van der Waals surface area contributed by atoms with Crippen molar-refractivity contribution < 1.29 is 19.2 Å². The number of hydrogen-bond donors (Lipinski definition) is 2. The zero-order valence-electron chi connectivity index (χ0n) is 14.2. The lowest BCUT2D eigenvalue weighted by Crippen LogP contribution is -2.27. The van der Waals surface area contributed by atoms with Crippen molar-refractivity contribution in [1.82, 2.24) is 5.32 Å². The number of amides is 2. The second-order valence-corrected chi connectivity index (χ2v) is 5.39. The fourth-order valence-corrected chi connectivity index (χ4v) is 2.12. The van der Waals surface area contributed by atoms with E-state index in [0.29, 0.717) is 23.5 Å². The molecule has 0 saturated carbocycles. The zero-order valence-corrected chi connectivity index (χ0v) is 14.2. The van der Waals surface area contributed by atoms with E-state index in [0.717, 1.165) is 6.42 Å². The standard InChI is InChI=1S/C18H19N3O5/c1-2-11-19-18(23)15-5-3-4-6-16(15)20-17(22)12-26-14-9-7-13(8-10-14)21(24)25/h3-10H,2,11-12H2,1H3,(H,19,23)(H,20,22). The summed E-state index contributed by atoms with van der Waals surface area (Å²) in [6.07, 6.45) is 0.809. The summed E-state index contributed by atoms with van der Waals surface area (Å²) in [5.41, 5.74) is 0.692. The van der Waals surface area contributed by atoms with Crippen LogP contribution in [-0.4, -0.2) is 29.9 Å². The van der Waals surface area contributed by atoms with Crippen molar-refractivity contribution >= 4 is 23.2 Å². The Morgan fingerprint density at radius 2 is 1.81 bits per heavy atom. The molecule has 2 amide bonds. The van der Waals surface area contributed by atoms with Crippen LogP contribution in [-0.2, 0) is 4.79 Å². The van der Waals surface area contributed by atoms with Gasteiger partial charge in [0.25, 0.3) is 17.5 Å². The van der Waals surface area contributed by atoms with Crippen LogP contribution >= 0.6 is 0 Å². The molecule has 0 aromatic heterocycles. The number of para-hydroxylation sites is 1. The van der Waals surface area contributed by atoms with Crippen molar-refractivity contribution in [3.05, 3.63) is 64.2 Å². The summed E-state index contributed by atoms with van der Waals surface area (Å²) in [7, 11) is 0. The lowest BCUT2D eigenvalue weighted by molar-refractivity contribution is -0.384. The first-order valence-electron chi connectivity index (χ1n) is 8.05. The molecule has 0 bridgehead atoms. The average Bonchev–Trinajstić information content (AvgIpc) is 2.65. The van der Waals surface area contributed by atoms with Crippen LogP contribution in [0.25, 0.3) is 0 Å². The molecule has 0 fully saturated rings. The molecule has 0 aliphatic carbocycles. The molecule has 0 aliphatic rings. The molecule has 0 spiro atoms. The summed E-state index contributed by atoms with van der Waals surface area (Å²) in [6, 6.07) is 12.1.